The van der Waals surface area contributed by atoms with Crippen molar-refractivity contribution in [3.05, 3.63) is 87.3 Å². The number of carbonyl (C=O) groups excluding carboxylic acids is 1. The number of aryl methyl sites for hydroxylation is 1. The van der Waals surface area contributed by atoms with Crippen molar-refractivity contribution in [3.8, 4) is 11.1 Å². The van der Waals surface area contributed by atoms with Crippen LogP contribution in [0.4, 0.5) is 45.3 Å². The Morgan fingerprint density at radius 2 is 1.76 bits per heavy atom. The van der Waals surface area contributed by atoms with E-state index in [9.17, 15) is 35.5 Å². The van der Waals surface area contributed by atoms with Gasteiger partial charge in [-0.25, -0.2) is 17.6 Å². The molecule has 0 saturated heterocycles. The quantitative estimate of drug-likeness (QED) is 0.0927. The van der Waals surface area contributed by atoms with E-state index in [4.69, 9.17) is 22.7 Å². The van der Waals surface area contributed by atoms with Crippen LogP contribution < -0.4 is 16.4 Å². The molecule has 0 spiro atoms. The van der Waals surface area contributed by atoms with Crippen molar-refractivity contribution in [1.29, 1.82) is 5.41 Å². The van der Waals surface area contributed by atoms with E-state index in [1.807, 2.05) is 0 Å². The molecule has 18 heteroatoms. The minimum atomic E-state index is -4.73. The molecule has 1 aliphatic rings. The maximum atomic E-state index is 15.0. The van der Waals surface area contributed by atoms with Crippen LogP contribution in [0.2, 0.25) is 5.02 Å². The molecule has 4 aromatic rings. The van der Waals surface area contributed by atoms with E-state index in [-0.39, 0.29) is 50.5 Å². The van der Waals surface area contributed by atoms with Gasteiger partial charge in [-0.1, -0.05) is 30.7 Å². The summed E-state index contributed by atoms with van der Waals surface area (Å²) in [6, 6.07) is 7.00. The molecule has 0 bridgehead atoms. The summed E-state index contributed by atoms with van der Waals surface area (Å²) in [6.07, 6.45) is -8.99. The van der Waals surface area contributed by atoms with E-state index in [2.05, 4.69) is 20.7 Å². The molecule has 2 aromatic heterocycles. The highest BCUT2D eigenvalue weighted by atomic mass is 35.5. The van der Waals surface area contributed by atoms with E-state index in [1.165, 1.54) is 24.3 Å². The smallest absolute Gasteiger partial charge is 0.382 e. The van der Waals surface area contributed by atoms with Crippen molar-refractivity contribution in [2.24, 2.45) is 5.92 Å². The summed E-state index contributed by atoms with van der Waals surface area (Å²) < 4.78 is 127. The van der Waals surface area contributed by atoms with Gasteiger partial charge in [0.15, 0.2) is 5.82 Å². The normalized spacial score (nSPS) is 16.6. The number of carbonyl (C=O) groups is 1. The molecule has 51 heavy (non-hydrogen) atoms. The molecule has 0 radical (unpaired) electrons. The van der Waals surface area contributed by atoms with Crippen molar-refractivity contribution in [3.63, 3.8) is 0 Å². The van der Waals surface area contributed by atoms with Crippen molar-refractivity contribution < 1.29 is 44.3 Å². The minimum absolute atomic E-state index is 0.00540. The molecule has 0 saturated carbocycles. The van der Waals surface area contributed by atoms with Crippen LogP contribution in [-0.4, -0.2) is 51.5 Å². The number of hydrogen-bond acceptors (Lipinski definition) is 6. The third-order valence-corrected chi connectivity index (χ3v) is 8.63. The van der Waals surface area contributed by atoms with E-state index in [0.29, 0.717) is 16.4 Å². The maximum absolute atomic E-state index is 15.0. The second-order valence-electron chi connectivity index (χ2n) is 12.1. The molecule has 0 aliphatic heterocycles. The average Bonchev–Trinajstić information content (AvgIpc) is 3.45. The van der Waals surface area contributed by atoms with Crippen LogP contribution in [0.5, 0.6) is 0 Å². The standard InChI is InChI=1S/C33H29ClF9N7O/c1-14-7-21(26(44)30(37)38)29(33(14,42)43)46-12-24(51)48-23(10-16-8-17(35)11-18(36)9-16)27-19(4-3-15(2)47-27)20-5-6-22(34)25-28(20)50(49-31(25)45)13-32(39,40)41/h3-6,8-9,11,14,23,30,44,46H,7,10,12-13H2,1-2H3,(H2,45,49)(H,48,51)/t14-,23+/m1/s1. The predicted molar refractivity (Wildman–Crippen MR) is 172 cm³/mol. The first-order chi connectivity index (χ1) is 23.8. The van der Waals surface area contributed by atoms with Gasteiger partial charge in [0.2, 0.25) is 5.91 Å². The minimum Gasteiger partial charge on any atom is -0.382 e. The Bertz CT molecular complexity index is 2020. The summed E-state index contributed by atoms with van der Waals surface area (Å²) >= 11 is 6.33. The molecule has 1 amide bonds. The number of anilines is 1. The number of nitrogens with two attached hydrogens (primary N) is 1. The lowest BCUT2D eigenvalue weighted by Crippen LogP contribution is -2.41. The highest BCUT2D eigenvalue weighted by Crippen LogP contribution is 2.44. The third kappa shape index (κ3) is 7.92. The van der Waals surface area contributed by atoms with Gasteiger partial charge in [0.25, 0.3) is 12.3 Å². The lowest BCUT2D eigenvalue weighted by atomic mass is 9.93. The molecule has 2 atom stereocenters. The van der Waals surface area contributed by atoms with Crippen molar-refractivity contribution in [2.45, 2.75) is 57.8 Å². The van der Waals surface area contributed by atoms with Crippen LogP contribution in [0.25, 0.3) is 22.0 Å². The first-order valence-corrected chi connectivity index (χ1v) is 15.6. The molecular formula is C33H29ClF9N7O. The van der Waals surface area contributed by atoms with Crippen LogP contribution in [0.3, 0.4) is 0 Å². The Kier molecular flexibility index (Phi) is 10.3. The van der Waals surface area contributed by atoms with E-state index in [0.717, 1.165) is 19.1 Å². The lowest BCUT2D eigenvalue weighted by Gasteiger charge is -2.24. The number of fused-ring (bicyclic) bond motifs is 1. The number of amides is 1. The van der Waals surface area contributed by atoms with Crippen molar-refractivity contribution in [2.75, 3.05) is 12.3 Å². The van der Waals surface area contributed by atoms with Gasteiger partial charge in [-0.05, 0) is 49.6 Å². The summed E-state index contributed by atoms with van der Waals surface area (Å²) in [6.45, 7) is 0.205. The van der Waals surface area contributed by atoms with Gasteiger partial charge in [0.1, 0.15) is 23.9 Å². The van der Waals surface area contributed by atoms with E-state index < -0.39 is 84.5 Å². The molecule has 1 aliphatic carbocycles. The number of nitrogens with zero attached hydrogens (tertiary/aromatic N) is 3. The molecule has 0 fully saturated rings. The zero-order valence-electron chi connectivity index (χ0n) is 26.7. The number of halogens is 10. The monoisotopic (exact) mass is 745 g/mol. The number of hydrogen-bond donors (Lipinski definition) is 4. The second kappa shape index (κ2) is 14.1. The summed E-state index contributed by atoms with van der Waals surface area (Å²) in [5.74, 6) is -8.35. The zero-order chi connectivity index (χ0) is 37.6. The van der Waals surface area contributed by atoms with Gasteiger partial charge in [-0.2, -0.15) is 27.1 Å². The number of aromatic nitrogens is 3. The Balaban J connectivity index is 1.60. The topological polar surface area (TPSA) is 122 Å². The van der Waals surface area contributed by atoms with Gasteiger partial charge in [0.05, 0.1) is 39.9 Å². The average molecular weight is 746 g/mol. The van der Waals surface area contributed by atoms with Gasteiger partial charge in [-0.15, -0.1) is 0 Å². The third-order valence-electron chi connectivity index (χ3n) is 8.31. The number of pyridine rings is 1. The van der Waals surface area contributed by atoms with E-state index >= 15 is 8.78 Å². The highest BCUT2D eigenvalue weighted by molar-refractivity contribution is 6.37. The fraction of sp³-hybridized carbons (Fsp3) is 0.333. The van der Waals surface area contributed by atoms with Gasteiger partial charge < -0.3 is 16.4 Å². The van der Waals surface area contributed by atoms with E-state index in [1.54, 1.807) is 6.92 Å². The summed E-state index contributed by atoms with van der Waals surface area (Å²) in [4.78, 5) is 18.0. The number of nitrogen functional groups attached to an aromatic ring is 1. The zero-order valence-corrected chi connectivity index (χ0v) is 27.5. The second-order valence-corrected chi connectivity index (χ2v) is 12.5. The summed E-state index contributed by atoms with van der Waals surface area (Å²) in [7, 11) is 0. The van der Waals surface area contributed by atoms with Gasteiger partial charge in [-0.3, -0.25) is 19.9 Å². The van der Waals surface area contributed by atoms with Crippen LogP contribution in [0, 0.1) is 29.9 Å². The van der Waals surface area contributed by atoms with Crippen molar-refractivity contribution >= 4 is 39.9 Å². The SMILES string of the molecule is Cc1ccc(-c2ccc(Cl)c3c(N)nn(CC(F)(F)F)c23)c([C@H](Cc2cc(F)cc(F)c2)NC(=O)CNC2=C(C(=N)C(F)F)C[C@@H](C)C2(F)F)n1. The fourth-order valence-corrected chi connectivity index (χ4v) is 6.31. The first kappa shape index (κ1) is 37.5. The molecule has 5 N–H and O–H groups in total. The van der Waals surface area contributed by atoms with Crippen LogP contribution in [-0.2, 0) is 17.8 Å². The molecule has 8 nitrogen and oxygen atoms in total. The number of alkyl halides is 7. The molecule has 0 unspecified atom stereocenters. The number of benzene rings is 2. The molecule has 5 rings (SSSR count). The number of allylic oxidation sites excluding steroid dienone is 2. The number of rotatable bonds is 11. The molecular weight excluding hydrogens is 717 g/mol. The Hall–Kier alpha value is -4.80. The van der Waals surface area contributed by atoms with Crippen LogP contribution >= 0.6 is 11.6 Å². The van der Waals surface area contributed by atoms with Gasteiger partial charge >= 0.3 is 6.18 Å². The number of nitrogens with one attached hydrogen (secondary N) is 3. The van der Waals surface area contributed by atoms with Crippen molar-refractivity contribution in [1.82, 2.24) is 25.4 Å². The Labute approximate surface area is 289 Å². The summed E-state index contributed by atoms with van der Waals surface area (Å²) in [5, 5.41) is 16.2. The molecule has 2 heterocycles. The molecule has 2 aromatic carbocycles. The van der Waals surface area contributed by atoms with Crippen LogP contribution in [0.1, 0.15) is 36.3 Å². The Morgan fingerprint density at radius 1 is 1.12 bits per heavy atom. The fourth-order valence-electron chi connectivity index (χ4n) is 6.06. The highest BCUT2D eigenvalue weighted by Gasteiger charge is 2.49. The first-order valence-electron chi connectivity index (χ1n) is 15.2. The molecule has 272 valence electrons. The largest absolute Gasteiger partial charge is 0.408 e. The van der Waals surface area contributed by atoms with Crippen LogP contribution in [0.15, 0.2) is 53.7 Å². The summed E-state index contributed by atoms with van der Waals surface area (Å²) in [5.41, 5.74) is 3.46. The maximum Gasteiger partial charge on any atom is 0.408 e. The predicted octanol–water partition coefficient (Wildman–Crippen LogP) is 7.69. The lowest BCUT2D eigenvalue weighted by molar-refractivity contribution is -0.141. The Morgan fingerprint density at radius 3 is 2.39 bits per heavy atom. The van der Waals surface area contributed by atoms with Gasteiger partial charge in [0, 0.05) is 34.4 Å².